The molecule has 0 fully saturated rings. The lowest BCUT2D eigenvalue weighted by Gasteiger charge is -2.22. The summed E-state index contributed by atoms with van der Waals surface area (Å²) in [5.41, 5.74) is 2.32. The number of hydrogen-bond donors (Lipinski definition) is 0. The molecular formula is C18H26O4. The van der Waals surface area contributed by atoms with Crippen molar-refractivity contribution in [2.45, 2.75) is 46.5 Å². The summed E-state index contributed by atoms with van der Waals surface area (Å²) in [6.07, 6.45) is 8.83. The Kier molecular flexibility index (Phi) is 6.60. The van der Waals surface area contributed by atoms with E-state index >= 15 is 0 Å². The number of allylic oxidation sites excluding steroid dienone is 6. The van der Waals surface area contributed by atoms with E-state index in [0.717, 1.165) is 18.4 Å². The predicted octanol–water partition coefficient (Wildman–Crippen LogP) is 3.73. The third-order valence-corrected chi connectivity index (χ3v) is 3.89. The zero-order valence-corrected chi connectivity index (χ0v) is 14.2. The van der Waals surface area contributed by atoms with Gasteiger partial charge in [0, 0.05) is 0 Å². The van der Waals surface area contributed by atoms with Crippen molar-refractivity contribution in [1.82, 2.24) is 0 Å². The lowest BCUT2D eigenvalue weighted by atomic mass is 9.84. The maximum absolute atomic E-state index is 12.0. The fourth-order valence-electron chi connectivity index (χ4n) is 2.67. The van der Waals surface area contributed by atoms with Crippen LogP contribution in [0.4, 0.5) is 0 Å². The topological polar surface area (TPSA) is 52.6 Å². The van der Waals surface area contributed by atoms with Gasteiger partial charge in [0.25, 0.3) is 0 Å². The summed E-state index contributed by atoms with van der Waals surface area (Å²) in [6.45, 7) is 6.23. The van der Waals surface area contributed by atoms with E-state index in [1.807, 2.05) is 6.08 Å². The van der Waals surface area contributed by atoms with Crippen molar-refractivity contribution >= 4 is 11.9 Å². The summed E-state index contributed by atoms with van der Waals surface area (Å²) >= 11 is 0. The highest BCUT2D eigenvalue weighted by Gasteiger charge is 2.50. The molecule has 1 rings (SSSR count). The maximum atomic E-state index is 12.0. The van der Waals surface area contributed by atoms with Gasteiger partial charge in [-0.25, -0.2) is 0 Å². The van der Waals surface area contributed by atoms with Gasteiger partial charge in [-0.15, -0.1) is 0 Å². The summed E-state index contributed by atoms with van der Waals surface area (Å²) in [5, 5.41) is 0. The van der Waals surface area contributed by atoms with Crippen LogP contribution in [0.1, 0.15) is 46.5 Å². The van der Waals surface area contributed by atoms with Gasteiger partial charge in [-0.1, -0.05) is 34.9 Å². The molecule has 4 heteroatoms. The maximum Gasteiger partial charge on any atom is 0.323 e. The highest BCUT2D eigenvalue weighted by molar-refractivity contribution is 6.01. The first-order valence-corrected chi connectivity index (χ1v) is 7.52. The van der Waals surface area contributed by atoms with Crippen LogP contribution in [0.2, 0.25) is 0 Å². The van der Waals surface area contributed by atoms with Crippen LogP contribution in [0.3, 0.4) is 0 Å². The second kappa shape index (κ2) is 7.97. The predicted molar refractivity (Wildman–Crippen MR) is 86.2 cm³/mol. The molecule has 0 aromatic rings. The molecule has 1 aliphatic carbocycles. The van der Waals surface area contributed by atoms with Crippen LogP contribution >= 0.6 is 0 Å². The van der Waals surface area contributed by atoms with E-state index in [1.54, 1.807) is 0 Å². The number of carbonyl (C=O) groups is 2. The second-order valence-corrected chi connectivity index (χ2v) is 6.04. The molecule has 0 spiro atoms. The average Bonchev–Trinajstić information content (AvgIpc) is 2.90. The molecular weight excluding hydrogens is 280 g/mol. The average molecular weight is 306 g/mol. The second-order valence-electron chi connectivity index (χ2n) is 6.04. The van der Waals surface area contributed by atoms with Crippen LogP contribution in [-0.4, -0.2) is 26.2 Å². The molecule has 0 atom stereocenters. The van der Waals surface area contributed by atoms with Crippen molar-refractivity contribution in [3.63, 3.8) is 0 Å². The van der Waals surface area contributed by atoms with Gasteiger partial charge in [-0.3, -0.25) is 9.59 Å². The van der Waals surface area contributed by atoms with Gasteiger partial charge in [0.2, 0.25) is 0 Å². The van der Waals surface area contributed by atoms with Gasteiger partial charge in [0.15, 0.2) is 5.41 Å². The lowest BCUT2D eigenvalue weighted by molar-refractivity contribution is -0.168. The molecule has 0 aromatic heterocycles. The molecule has 1 aliphatic rings. The fourth-order valence-corrected chi connectivity index (χ4v) is 2.67. The Morgan fingerprint density at radius 3 is 2.27 bits per heavy atom. The molecule has 0 saturated carbocycles. The Morgan fingerprint density at radius 2 is 1.77 bits per heavy atom. The molecule has 22 heavy (non-hydrogen) atoms. The molecule has 0 unspecified atom stereocenters. The Balaban J connectivity index is 2.79. The summed E-state index contributed by atoms with van der Waals surface area (Å²) in [5.74, 6) is -1.05. The van der Waals surface area contributed by atoms with Gasteiger partial charge in [-0.2, -0.15) is 0 Å². The van der Waals surface area contributed by atoms with Gasteiger partial charge in [0.1, 0.15) is 0 Å². The van der Waals surface area contributed by atoms with Crippen LogP contribution < -0.4 is 0 Å². The van der Waals surface area contributed by atoms with Crippen molar-refractivity contribution in [3.8, 4) is 0 Å². The van der Waals surface area contributed by atoms with E-state index in [0.29, 0.717) is 12.8 Å². The van der Waals surface area contributed by atoms with Gasteiger partial charge in [0.05, 0.1) is 14.2 Å². The molecule has 0 heterocycles. The third-order valence-electron chi connectivity index (χ3n) is 3.89. The molecule has 122 valence electrons. The quantitative estimate of drug-likeness (QED) is 0.426. The number of rotatable bonds is 6. The minimum Gasteiger partial charge on any atom is -0.468 e. The summed E-state index contributed by atoms with van der Waals surface area (Å²) < 4.78 is 9.61. The van der Waals surface area contributed by atoms with E-state index in [2.05, 4.69) is 32.9 Å². The number of methoxy groups -OCH3 is 2. The fraction of sp³-hybridized carbons (Fsp3) is 0.556. The molecule has 0 aromatic carbocycles. The molecule has 0 N–H and O–H groups in total. The molecule has 0 saturated heterocycles. The largest absolute Gasteiger partial charge is 0.468 e. The zero-order chi connectivity index (χ0) is 16.8. The molecule has 0 aliphatic heterocycles. The van der Waals surface area contributed by atoms with Crippen molar-refractivity contribution in [1.29, 1.82) is 0 Å². The first-order chi connectivity index (χ1) is 10.4. The van der Waals surface area contributed by atoms with Crippen molar-refractivity contribution in [3.05, 3.63) is 34.9 Å². The van der Waals surface area contributed by atoms with E-state index in [1.165, 1.54) is 25.4 Å². The third kappa shape index (κ3) is 4.33. The van der Waals surface area contributed by atoms with E-state index in [-0.39, 0.29) is 0 Å². The number of ether oxygens (including phenoxy) is 2. The van der Waals surface area contributed by atoms with E-state index in [9.17, 15) is 9.59 Å². The Bertz CT molecular complexity index is 503. The number of carbonyl (C=O) groups excluding carboxylic acids is 2. The van der Waals surface area contributed by atoms with Crippen molar-refractivity contribution in [2.75, 3.05) is 14.2 Å². The van der Waals surface area contributed by atoms with Crippen molar-refractivity contribution < 1.29 is 19.1 Å². The van der Waals surface area contributed by atoms with Gasteiger partial charge >= 0.3 is 11.9 Å². The number of esters is 2. The minimum absolute atomic E-state index is 0.333. The molecule has 0 radical (unpaired) electrons. The Labute approximate surface area is 132 Å². The SMILES string of the molecule is COC(=O)C1(C(=O)OC)CC=C(/C=C(/C)CCC=C(C)C)C1. The van der Waals surface area contributed by atoms with Crippen LogP contribution in [0.5, 0.6) is 0 Å². The van der Waals surface area contributed by atoms with Crippen molar-refractivity contribution in [2.24, 2.45) is 5.41 Å². The minimum atomic E-state index is -1.21. The van der Waals surface area contributed by atoms with E-state index < -0.39 is 17.4 Å². The van der Waals surface area contributed by atoms with Crippen LogP contribution in [0.15, 0.2) is 34.9 Å². The highest BCUT2D eigenvalue weighted by Crippen LogP contribution is 2.40. The first kappa shape index (κ1) is 18.2. The standard InChI is InChI=1S/C18H26O4/c1-13(2)7-6-8-14(3)11-15-9-10-18(12-15,16(19)21-4)17(20)22-5/h7,9,11H,6,8,10,12H2,1-5H3/b14-11-. The van der Waals surface area contributed by atoms with Crippen LogP contribution in [-0.2, 0) is 19.1 Å². The number of hydrogen-bond acceptors (Lipinski definition) is 4. The Morgan fingerprint density at radius 1 is 1.18 bits per heavy atom. The molecule has 4 nitrogen and oxygen atoms in total. The monoisotopic (exact) mass is 306 g/mol. The van der Waals surface area contributed by atoms with Gasteiger partial charge in [-0.05, 0) is 46.5 Å². The van der Waals surface area contributed by atoms with Gasteiger partial charge < -0.3 is 9.47 Å². The first-order valence-electron chi connectivity index (χ1n) is 7.52. The normalized spacial score (nSPS) is 16.8. The van der Waals surface area contributed by atoms with Crippen LogP contribution in [0.25, 0.3) is 0 Å². The zero-order valence-electron chi connectivity index (χ0n) is 14.2. The molecule has 0 amide bonds. The summed E-state index contributed by atoms with van der Waals surface area (Å²) in [7, 11) is 2.59. The highest BCUT2D eigenvalue weighted by atomic mass is 16.5. The smallest absolute Gasteiger partial charge is 0.323 e. The molecule has 0 bridgehead atoms. The summed E-state index contributed by atoms with van der Waals surface area (Å²) in [4.78, 5) is 24.1. The lowest BCUT2D eigenvalue weighted by Crippen LogP contribution is -2.39. The van der Waals surface area contributed by atoms with Crippen LogP contribution in [0, 0.1) is 5.41 Å². The van der Waals surface area contributed by atoms with E-state index in [4.69, 9.17) is 9.47 Å². The Hall–Kier alpha value is -1.84. The summed E-state index contributed by atoms with van der Waals surface area (Å²) in [6, 6.07) is 0.